The van der Waals surface area contributed by atoms with Gasteiger partial charge in [-0.3, -0.25) is 4.99 Å². The van der Waals surface area contributed by atoms with Gasteiger partial charge in [0.25, 0.3) is 0 Å². The molecular formula is C19H38N4O3S. The topological polar surface area (TPSA) is 83.0 Å². The Kier molecular flexibility index (Phi) is 8.82. The lowest BCUT2D eigenvalue weighted by Crippen LogP contribution is -2.44. The van der Waals surface area contributed by atoms with Gasteiger partial charge < -0.3 is 15.4 Å². The first-order valence-electron chi connectivity index (χ1n) is 10.3. The van der Waals surface area contributed by atoms with E-state index in [1.807, 2.05) is 0 Å². The second kappa shape index (κ2) is 10.6. The van der Waals surface area contributed by atoms with Crippen LogP contribution in [0.15, 0.2) is 4.99 Å². The van der Waals surface area contributed by atoms with Crippen LogP contribution >= 0.6 is 0 Å². The number of piperidine rings is 1. The monoisotopic (exact) mass is 402 g/mol. The van der Waals surface area contributed by atoms with Gasteiger partial charge in [0.15, 0.2) is 5.96 Å². The quantitative estimate of drug-likeness (QED) is 0.454. The van der Waals surface area contributed by atoms with Gasteiger partial charge in [-0.25, -0.2) is 12.7 Å². The van der Waals surface area contributed by atoms with Crippen molar-refractivity contribution >= 4 is 16.0 Å². The summed E-state index contributed by atoms with van der Waals surface area (Å²) in [5.41, 5.74) is 0.291. The van der Waals surface area contributed by atoms with E-state index in [1.165, 1.54) is 31.9 Å². The zero-order valence-electron chi connectivity index (χ0n) is 17.3. The number of nitrogens with zero attached hydrogens (tertiary/aromatic N) is 2. The summed E-state index contributed by atoms with van der Waals surface area (Å²) in [5.74, 6) is 1.37. The molecule has 1 saturated carbocycles. The van der Waals surface area contributed by atoms with Crippen LogP contribution in [-0.4, -0.2) is 71.4 Å². The third-order valence-corrected chi connectivity index (χ3v) is 7.32. The molecule has 0 bridgehead atoms. The number of hydrogen-bond donors (Lipinski definition) is 2. The van der Waals surface area contributed by atoms with Gasteiger partial charge in [0.1, 0.15) is 0 Å². The van der Waals surface area contributed by atoms with Crippen LogP contribution in [0.4, 0.5) is 0 Å². The third kappa shape index (κ3) is 7.23. The molecule has 2 rings (SSSR count). The van der Waals surface area contributed by atoms with Gasteiger partial charge in [-0.15, -0.1) is 0 Å². The summed E-state index contributed by atoms with van der Waals surface area (Å²) < 4.78 is 30.2. The number of rotatable bonds is 9. The van der Waals surface area contributed by atoms with Crippen molar-refractivity contribution < 1.29 is 13.2 Å². The van der Waals surface area contributed by atoms with E-state index in [0.717, 1.165) is 51.5 Å². The molecule has 0 radical (unpaired) electrons. The first kappa shape index (κ1) is 22.4. The van der Waals surface area contributed by atoms with Gasteiger partial charge in [-0.1, -0.05) is 12.8 Å². The zero-order chi connectivity index (χ0) is 19.8. The van der Waals surface area contributed by atoms with Crippen LogP contribution in [0.25, 0.3) is 0 Å². The van der Waals surface area contributed by atoms with Gasteiger partial charge in [0, 0.05) is 46.4 Å². The molecule has 0 unspecified atom stereocenters. The van der Waals surface area contributed by atoms with E-state index in [1.54, 1.807) is 11.4 Å². The van der Waals surface area contributed by atoms with Crippen molar-refractivity contribution in [2.45, 2.75) is 51.9 Å². The second-order valence-electron chi connectivity index (χ2n) is 8.13. The molecular weight excluding hydrogens is 364 g/mol. The number of ether oxygens (including phenoxy) is 1. The normalized spacial score (nSPS) is 22.1. The Balaban J connectivity index is 1.85. The van der Waals surface area contributed by atoms with Crippen molar-refractivity contribution in [1.29, 1.82) is 0 Å². The molecule has 27 heavy (non-hydrogen) atoms. The van der Waals surface area contributed by atoms with E-state index in [4.69, 9.17) is 9.73 Å². The molecule has 2 fully saturated rings. The Morgan fingerprint density at radius 2 is 1.89 bits per heavy atom. The van der Waals surface area contributed by atoms with Crippen LogP contribution < -0.4 is 10.6 Å². The fourth-order valence-electron chi connectivity index (χ4n) is 4.21. The van der Waals surface area contributed by atoms with Gasteiger partial charge in [-0.05, 0) is 50.4 Å². The molecule has 0 aromatic carbocycles. The van der Waals surface area contributed by atoms with E-state index in [0.29, 0.717) is 24.4 Å². The van der Waals surface area contributed by atoms with E-state index >= 15 is 0 Å². The highest BCUT2D eigenvalue weighted by molar-refractivity contribution is 7.88. The molecule has 8 heteroatoms. The first-order valence-corrected chi connectivity index (χ1v) is 12.2. The third-order valence-electron chi connectivity index (χ3n) is 6.02. The molecule has 0 atom stereocenters. The summed E-state index contributed by atoms with van der Waals surface area (Å²) >= 11 is 0. The molecule has 7 nitrogen and oxygen atoms in total. The number of nitrogens with one attached hydrogen (secondary N) is 2. The number of methoxy groups -OCH3 is 1. The summed E-state index contributed by atoms with van der Waals surface area (Å²) in [5, 5.41) is 6.83. The minimum atomic E-state index is -3.06. The van der Waals surface area contributed by atoms with Crippen molar-refractivity contribution in [2.75, 3.05) is 52.7 Å². The van der Waals surface area contributed by atoms with E-state index in [9.17, 15) is 8.42 Å². The minimum Gasteiger partial charge on any atom is -0.385 e. The molecule has 1 heterocycles. The molecule has 158 valence electrons. The summed E-state index contributed by atoms with van der Waals surface area (Å²) in [4.78, 5) is 4.89. The van der Waals surface area contributed by atoms with Crippen LogP contribution in [0.5, 0.6) is 0 Å². The lowest BCUT2D eigenvalue weighted by atomic mass is 9.83. The van der Waals surface area contributed by atoms with E-state index in [2.05, 4.69) is 17.6 Å². The highest BCUT2D eigenvalue weighted by Gasteiger charge is 2.33. The van der Waals surface area contributed by atoms with Gasteiger partial charge in [0.05, 0.1) is 6.26 Å². The van der Waals surface area contributed by atoms with Gasteiger partial charge in [-0.2, -0.15) is 0 Å². The summed E-state index contributed by atoms with van der Waals surface area (Å²) in [6, 6.07) is 0. The summed E-state index contributed by atoms with van der Waals surface area (Å²) in [6.45, 7) is 6.66. The molecule has 1 aliphatic carbocycles. The zero-order valence-corrected chi connectivity index (χ0v) is 18.1. The molecule has 0 aromatic rings. The summed E-state index contributed by atoms with van der Waals surface area (Å²) in [6.07, 6.45) is 9.24. The van der Waals surface area contributed by atoms with Crippen molar-refractivity contribution in [3.63, 3.8) is 0 Å². The van der Waals surface area contributed by atoms with Crippen molar-refractivity contribution in [3.8, 4) is 0 Å². The predicted molar refractivity (Wildman–Crippen MR) is 111 cm³/mol. The van der Waals surface area contributed by atoms with Crippen LogP contribution in [0.2, 0.25) is 0 Å². The maximum atomic E-state index is 11.6. The first-order chi connectivity index (χ1) is 12.9. The highest BCUT2D eigenvalue weighted by atomic mass is 32.2. The Morgan fingerprint density at radius 3 is 2.44 bits per heavy atom. The number of guanidine groups is 1. The SMILES string of the molecule is CCNC(=NCC1(CCOC)CCCC1)NCC1CCN(S(C)(=O)=O)CC1. The fraction of sp³-hybridized carbons (Fsp3) is 0.947. The highest BCUT2D eigenvalue weighted by Crippen LogP contribution is 2.41. The van der Waals surface area contributed by atoms with E-state index in [-0.39, 0.29) is 0 Å². The molecule has 1 aliphatic heterocycles. The second-order valence-corrected chi connectivity index (χ2v) is 10.1. The van der Waals surface area contributed by atoms with Crippen LogP contribution in [-0.2, 0) is 14.8 Å². The van der Waals surface area contributed by atoms with Gasteiger partial charge >= 0.3 is 0 Å². The van der Waals surface area contributed by atoms with Crippen molar-refractivity contribution in [3.05, 3.63) is 0 Å². The molecule has 0 spiro atoms. The molecule has 2 aliphatic rings. The average Bonchev–Trinajstić information content (AvgIpc) is 3.11. The van der Waals surface area contributed by atoms with Gasteiger partial charge in [0.2, 0.25) is 10.0 Å². The maximum Gasteiger partial charge on any atom is 0.211 e. The average molecular weight is 403 g/mol. The minimum absolute atomic E-state index is 0.291. The standard InChI is InChI=1S/C19H38N4O3S/c1-4-20-18(22-16-19(11-14-26-2)9-5-6-10-19)21-15-17-7-12-23(13-8-17)27(3,24)25/h17H,4-16H2,1-3H3,(H2,20,21,22). The molecule has 0 amide bonds. The largest absolute Gasteiger partial charge is 0.385 e. The Hall–Kier alpha value is -0.860. The number of sulfonamides is 1. The number of hydrogen-bond acceptors (Lipinski definition) is 4. The number of aliphatic imine (C=N–C) groups is 1. The fourth-order valence-corrected chi connectivity index (χ4v) is 5.08. The predicted octanol–water partition coefficient (Wildman–Crippen LogP) is 1.81. The van der Waals surface area contributed by atoms with Crippen molar-refractivity contribution in [2.24, 2.45) is 16.3 Å². The Morgan fingerprint density at radius 1 is 1.22 bits per heavy atom. The summed E-state index contributed by atoms with van der Waals surface area (Å²) in [7, 11) is -1.28. The van der Waals surface area contributed by atoms with Crippen molar-refractivity contribution in [1.82, 2.24) is 14.9 Å². The van der Waals surface area contributed by atoms with E-state index < -0.39 is 10.0 Å². The molecule has 2 N–H and O–H groups in total. The molecule has 0 aromatic heterocycles. The Labute approximate surface area is 165 Å². The smallest absolute Gasteiger partial charge is 0.211 e. The lowest BCUT2D eigenvalue weighted by Gasteiger charge is -2.31. The molecule has 1 saturated heterocycles. The van der Waals surface area contributed by atoms with Crippen LogP contribution in [0.3, 0.4) is 0 Å². The lowest BCUT2D eigenvalue weighted by molar-refractivity contribution is 0.141. The van der Waals surface area contributed by atoms with Crippen LogP contribution in [0.1, 0.15) is 51.9 Å². The Bertz CT molecular complexity index is 566. The van der Waals surface area contributed by atoms with Crippen LogP contribution in [0, 0.1) is 11.3 Å². The maximum absolute atomic E-state index is 11.6.